The predicted molar refractivity (Wildman–Crippen MR) is 63.4 cm³/mol. The smallest absolute Gasteiger partial charge is 0.158 e. The predicted octanol–water partition coefficient (Wildman–Crippen LogP) is 1.86. The highest BCUT2D eigenvalue weighted by atomic mass is 16.7. The van der Waals surface area contributed by atoms with Gasteiger partial charge in [-0.05, 0) is 19.3 Å². The first-order valence-electron chi connectivity index (χ1n) is 6.23. The van der Waals surface area contributed by atoms with Gasteiger partial charge in [0.15, 0.2) is 6.29 Å². The molecule has 1 heterocycles. The SMILES string of the molecule is CN(C)/N=C1\CCCCC1CC1OCCO1. The number of rotatable bonds is 3. The molecule has 4 heteroatoms. The molecule has 4 nitrogen and oxygen atoms in total. The molecule has 1 saturated heterocycles. The largest absolute Gasteiger partial charge is 0.350 e. The van der Waals surface area contributed by atoms with Crippen LogP contribution < -0.4 is 0 Å². The summed E-state index contributed by atoms with van der Waals surface area (Å²) < 4.78 is 11.0. The Bertz CT molecular complexity index is 247. The van der Waals surface area contributed by atoms with E-state index in [1.54, 1.807) is 0 Å². The highest BCUT2D eigenvalue weighted by Gasteiger charge is 2.27. The molecule has 0 aromatic carbocycles. The van der Waals surface area contributed by atoms with Crippen LogP contribution in [0.1, 0.15) is 32.1 Å². The molecule has 1 aliphatic heterocycles. The zero-order valence-electron chi connectivity index (χ0n) is 10.3. The molecule has 0 aromatic rings. The van der Waals surface area contributed by atoms with Gasteiger partial charge in [-0.3, -0.25) is 0 Å². The van der Waals surface area contributed by atoms with Gasteiger partial charge in [-0.25, -0.2) is 0 Å². The second-order valence-corrected chi connectivity index (χ2v) is 4.79. The third kappa shape index (κ3) is 3.19. The summed E-state index contributed by atoms with van der Waals surface area (Å²) in [7, 11) is 3.97. The quantitative estimate of drug-likeness (QED) is 0.689. The number of ether oxygens (including phenoxy) is 2. The third-order valence-corrected chi connectivity index (χ3v) is 3.20. The van der Waals surface area contributed by atoms with Crippen molar-refractivity contribution in [2.45, 2.75) is 38.4 Å². The molecule has 2 aliphatic rings. The third-order valence-electron chi connectivity index (χ3n) is 3.20. The molecule has 2 rings (SSSR count). The van der Waals surface area contributed by atoms with Crippen LogP contribution in [0.4, 0.5) is 0 Å². The van der Waals surface area contributed by atoms with Gasteiger partial charge >= 0.3 is 0 Å². The first-order valence-corrected chi connectivity index (χ1v) is 6.23. The van der Waals surface area contributed by atoms with Crippen molar-refractivity contribution in [3.63, 3.8) is 0 Å². The van der Waals surface area contributed by atoms with E-state index < -0.39 is 0 Å². The fourth-order valence-electron chi connectivity index (χ4n) is 2.49. The summed E-state index contributed by atoms with van der Waals surface area (Å²) in [4.78, 5) is 0. The molecule has 16 heavy (non-hydrogen) atoms. The molecule has 2 fully saturated rings. The molecule has 1 saturated carbocycles. The van der Waals surface area contributed by atoms with Crippen molar-refractivity contribution in [3.05, 3.63) is 0 Å². The average Bonchev–Trinajstić information content (AvgIpc) is 2.73. The fourth-order valence-corrected chi connectivity index (χ4v) is 2.49. The van der Waals surface area contributed by atoms with Gasteiger partial charge in [-0.2, -0.15) is 5.10 Å². The maximum atomic E-state index is 5.52. The summed E-state index contributed by atoms with van der Waals surface area (Å²) >= 11 is 0. The molecular formula is C12H22N2O2. The Labute approximate surface area is 97.6 Å². The zero-order chi connectivity index (χ0) is 11.4. The molecule has 0 radical (unpaired) electrons. The molecule has 0 aromatic heterocycles. The molecule has 1 unspecified atom stereocenters. The van der Waals surface area contributed by atoms with E-state index >= 15 is 0 Å². The topological polar surface area (TPSA) is 34.1 Å². The van der Waals surface area contributed by atoms with E-state index in [-0.39, 0.29) is 6.29 Å². The van der Waals surface area contributed by atoms with Crippen LogP contribution in [0.2, 0.25) is 0 Å². The monoisotopic (exact) mass is 226 g/mol. The average molecular weight is 226 g/mol. The lowest BCUT2D eigenvalue weighted by atomic mass is 9.85. The van der Waals surface area contributed by atoms with Crippen molar-refractivity contribution in [1.29, 1.82) is 0 Å². The van der Waals surface area contributed by atoms with Crippen LogP contribution in [0, 0.1) is 5.92 Å². The van der Waals surface area contributed by atoms with E-state index in [1.807, 2.05) is 19.1 Å². The van der Waals surface area contributed by atoms with Crippen molar-refractivity contribution in [2.24, 2.45) is 11.0 Å². The first-order chi connectivity index (χ1) is 7.75. The molecule has 1 atom stereocenters. The minimum absolute atomic E-state index is 0.00969. The summed E-state index contributed by atoms with van der Waals surface area (Å²) in [6.07, 6.45) is 5.94. The van der Waals surface area contributed by atoms with E-state index in [2.05, 4.69) is 5.10 Å². The van der Waals surface area contributed by atoms with E-state index in [1.165, 1.54) is 25.0 Å². The van der Waals surface area contributed by atoms with E-state index in [9.17, 15) is 0 Å². The molecule has 0 amide bonds. The summed E-state index contributed by atoms with van der Waals surface area (Å²) in [5, 5.41) is 6.51. The lowest BCUT2D eigenvalue weighted by Gasteiger charge is -2.26. The van der Waals surface area contributed by atoms with Crippen LogP contribution in [0.15, 0.2) is 5.10 Å². The Hall–Kier alpha value is -0.610. The number of hydrogen-bond acceptors (Lipinski definition) is 4. The number of nitrogens with zero attached hydrogens (tertiary/aromatic N) is 2. The summed E-state index contributed by atoms with van der Waals surface area (Å²) in [5.41, 5.74) is 1.33. The van der Waals surface area contributed by atoms with Gasteiger partial charge in [0.1, 0.15) is 0 Å². The van der Waals surface area contributed by atoms with Crippen molar-refractivity contribution >= 4 is 5.71 Å². The van der Waals surface area contributed by atoms with Gasteiger partial charge in [0, 0.05) is 32.1 Å². The zero-order valence-corrected chi connectivity index (χ0v) is 10.3. The van der Waals surface area contributed by atoms with Crippen LogP contribution in [-0.4, -0.2) is 44.3 Å². The van der Waals surface area contributed by atoms with Gasteiger partial charge in [-0.15, -0.1) is 0 Å². The molecule has 0 spiro atoms. The Morgan fingerprint density at radius 2 is 2.00 bits per heavy atom. The molecule has 0 N–H and O–H groups in total. The van der Waals surface area contributed by atoms with Crippen molar-refractivity contribution in [3.8, 4) is 0 Å². The van der Waals surface area contributed by atoms with Gasteiger partial charge < -0.3 is 14.5 Å². The summed E-state index contributed by atoms with van der Waals surface area (Å²) in [5.74, 6) is 0.555. The van der Waals surface area contributed by atoms with E-state index in [4.69, 9.17) is 9.47 Å². The summed E-state index contributed by atoms with van der Waals surface area (Å²) in [6, 6.07) is 0. The minimum Gasteiger partial charge on any atom is -0.350 e. The van der Waals surface area contributed by atoms with Crippen molar-refractivity contribution in [1.82, 2.24) is 5.01 Å². The molecular weight excluding hydrogens is 204 g/mol. The highest BCUT2D eigenvalue weighted by Crippen LogP contribution is 2.28. The Balaban J connectivity index is 1.93. The second-order valence-electron chi connectivity index (χ2n) is 4.79. The lowest BCUT2D eigenvalue weighted by Crippen LogP contribution is -2.26. The van der Waals surface area contributed by atoms with Gasteiger partial charge in [0.05, 0.1) is 13.2 Å². The van der Waals surface area contributed by atoms with Crippen LogP contribution in [0.25, 0.3) is 0 Å². The Morgan fingerprint density at radius 3 is 2.69 bits per heavy atom. The normalized spacial score (nSPS) is 29.9. The number of hydrogen-bond donors (Lipinski definition) is 0. The van der Waals surface area contributed by atoms with Gasteiger partial charge in [0.2, 0.25) is 0 Å². The van der Waals surface area contributed by atoms with Crippen LogP contribution >= 0.6 is 0 Å². The van der Waals surface area contributed by atoms with Crippen LogP contribution in [0.5, 0.6) is 0 Å². The second kappa shape index (κ2) is 5.64. The Morgan fingerprint density at radius 1 is 1.25 bits per heavy atom. The molecule has 92 valence electrons. The van der Waals surface area contributed by atoms with Gasteiger partial charge in [-0.1, -0.05) is 6.42 Å². The van der Waals surface area contributed by atoms with Crippen LogP contribution in [0.3, 0.4) is 0 Å². The minimum atomic E-state index is 0.00969. The summed E-state index contributed by atoms with van der Waals surface area (Å²) in [6.45, 7) is 1.50. The highest BCUT2D eigenvalue weighted by molar-refractivity contribution is 5.87. The van der Waals surface area contributed by atoms with Crippen LogP contribution in [-0.2, 0) is 9.47 Å². The molecule has 1 aliphatic carbocycles. The van der Waals surface area contributed by atoms with E-state index in [0.29, 0.717) is 5.92 Å². The first kappa shape index (κ1) is 11.9. The number of hydrazone groups is 1. The van der Waals surface area contributed by atoms with E-state index in [0.717, 1.165) is 26.1 Å². The molecule has 0 bridgehead atoms. The van der Waals surface area contributed by atoms with Gasteiger partial charge in [0.25, 0.3) is 0 Å². The maximum absolute atomic E-state index is 5.52. The maximum Gasteiger partial charge on any atom is 0.158 e. The fraction of sp³-hybridized carbons (Fsp3) is 0.917. The van der Waals surface area contributed by atoms with Crippen molar-refractivity contribution < 1.29 is 9.47 Å². The Kier molecular flexibility index (Phi) is 4.18. The van der Waals surface area contributed by atoms with Crippen molar-refractivity contribution in [2.75, 3.05) is 27.3 Å². The lowest BCUT2D eigenvalue weighted by molar-refractivity contribution is -0.0532. The standard InChI is InChI=1S/C12H22N2O2/c1-14(2)13-11-6-4-3-5-10(11)9-12-15-7-8-16-12/h10,12H,3-9H2,1-2H3/b13-11+.